The molecular weight excluding hydrogens is 387 g/mol. The van der Waals surface area contributed by atoms with Crippen molar-refractivity contribution >= 4 is 17.5 Å². The molecule has 2 amide bonds. The molecule has 2 aromatic rings. The van der Waals surface area contributed by atoms with Crippen LogP contribution < -0.4 is 15.0 Å². The number of fused-ring (bicyclic) bond motifs is 1. The zero-order valence-electron chi connectivity index (χ0n) is 14.4. The van der Waals surface area contributed by atoms with Crippen molar-refractivity contribution in [2.45, 2.75) is 12.5 Å². The molecule has 1 N–H and O–H groups in total. The van der Waals surface area contributed by atoms with Gasteiger partial charge in [-0.3, -0.25) is 9.59 Å². The van der Waals surface area contributed by atoms with Crippen LogP contribution in [0.3, 0.4) is 0 Å². The van der Waals surface area contributed by atoms with Crippen LogP contribution in [0.4, 0.5) is 27.6 Å². The molecule has 0 unspecified atom stereocenters. The number of nitrogens with one attached hydrogen (secondary N) is 1. The van der Waals surface area contributed by atoms with E-state index in [1.807, 2.05) is 0 Å². The third-order valence-corrected chi connectivity index (χ3v) is 4.24. The number of para-hydroxylation sites is 2. The van der Waals surface area contributed by atoms with Crippen LogP contribution in [0.25, 0.3) is 0 Å². The van der Waals surface area contributed by atoms with Gasteiger partial charge in [0.2, 0.25) is 11.7 Å². The van der Waals surface area contributed by atoms with E-state index in [0.717, 1.165) is 4.90 Å². The van der Waals surface area contributed by atoms with E-state index in [1.165, 1.54) is 19.2 Å². The van der Waals surface area contributed by atoms with Crippen LogP contribution in [0.2, 0.25) is 0 Å². The Kier molecular flexibility index (Phi) is 5.21. The second kappa shape index (κ2) is 7.45. The number of rotatable bonds is 3. The molecule has 1 atom stereocenters. The van der Waals surface area contributed by atoms with Crippen molar-refractivity contribution in [2.24, 2.45) is 0 Å². The fourth-order valence-electron chi connectivity index (χ4n) is 2.82. The van der Waals surface area contributed by atoms with Gasteiger partial charge in [-0.1, -0.05) is 12.1 Å². The van der Waals surface area contributed by atoms with E-state index in [-0.39, 0.29) is 18.0 Å². The molecule has 0 bridgehead atoms. The van der Waals surface area contributed by atoms with Gasteiger partial charge in [0.15, 0.2) is 29.4 Å². The van der Waals surface area contributed by atoms with Gasteiger partial charge in [-0.15, -0.1) is 0 Å². The van der Waals surface area contributed by atoms with E-state index in [1.54, 1.807) is 12.1 Å². The van der Waals surface area contributed by atoms with Gasteiger partial charge in [-0.25, -0.2) is 22.0 Å². The SMILES string of the molecule is CNC(=O)[C@@H]1CN(C(=O)Cc2c(F)c(F)c(F)c(F)c2F)c2ccccc2O1. The van der Waals surface area contributed by atoms with Gasteiger partial charge in [-0.2, -0.15) is 0 Å². The van der Waals surface area contributed by atoms with Crippen LogP contribution in [0.5, 0.6) is 5.75 Å². The van der Waals surface area contributed by atoms with Crippen molar-refractivity contribution in [1.82, 2.24) is 5.32 Å². The Morgan fingerprint density at radius 3 is 2.21 bits per heavy atom. The Morgan fingerprint density at radius 2 is 1.61 bits per heavy atom. The monoisotopic (exact) mass is 400 g/mol. The van der Waals surface area contributed by atoms with Gasteiger partial charge in [0.1, 0.15) is 5.75 Å². The Morgan fingerprint density at radius 1 is 1.04 bits per heavy atom. The second-order valence-corrected chi connectivity index (χ2v) is 5.92. The van der Waals surface area contributed by atoms with Crippen molar-refractivity contribution in [2.75, 3.05) is 18.5 Å². The lowest BCUT2D eigenvalue weighted by atomic mass is 10.1. The lowest BCUT2D eigenvalue weighted by Crippen LogP contribution is -2.50. The molecule has 0 saturated carbocycles. The van der Waals surface area contributed by atoms with Gasteiger partial charge >= 0.3 is 0 Å². The summed E-state index contributed by atoms with van der Waals surface area (Å²) in [4.78, 5) is 25.6. The number of carbonyl (C=O) groups is 2. The molecule has 0 fully saturated rings. The second-order valence-electron chi connectivity index (χ2n) is 5.92. The highest BCUT2D eigenvalue weighted by Gasteiger charge is 2.35. The molecule has 10 heteroatoms. The van der Waals surface area contributed by atoms with Crippen molar-refractivity contribution in [1.29, 1.82) is 0 Å². The standard InChI is InChI=1S/C18H13F5N2O3/c1-24-18(27)11-7-25(9-4-2-3-5-10(9)28-11)12(26)6-8-13(19)15(21)17(23)16(22)14(8)20/h2-5,11H,6-7H2,1H3,(H,24,27)/t11-/m0/s1. The third kappa shape index (κ3) is 3.25. The minimum absolute atomic E-state index is 0.160. The maximum atomic E-state index is 13.9. The van der Waals surface area contributed by atoms with E-state index in [4.69, 9.17) is 4.74 Å². The van der Waals surface area contributed by atoms with Crippen LogP contribution in [0.15, 0.2) is 24.3 Å². The summed E-state index contributed by atoms with van der Waals surface area (Å²) in [6.07, 6.45) is -2.21. The molecule has 148 valence electrons. The fourth-order valence-corrected chi connectivity index (χ4v) is 2.82. The highest BCUT2D eigenvalue weighted by Crippen LogP contribution is 2.34. The number of anilines is 1. The first-order valence-corrected chi connectivity index (χ1v) is 8.04. The molecule has 28 heavy (non-hydrogen) atoms. The normalized spacial score (nSPS) is 15.6. The minimum atomic E-state index is -2.30. The molecule has 0 aromatic heterocycles. The number of likely N-dealkylation sites (N-methyl/N-ethyl adjacent to an activating group) is 1. The number of hydrogen-bond acceptors (Lipinski definition) is 3. The summed E-state index contributed by atoms with van der Waals surface area (Å²) in [5, 5.41) is 2.35. The number of amides is 2. The van der Waals surface area contributed by atoms with E-state index < -0.39 is 59.0 Å². The van der Waals surface area contributed by atoms with Crippen molar-refractivity contribution < 1.29 is 36.3 Å². The topological polar surface area (TPSA) is 58.6 Å². The Bertz CT molecular complexity index is 937. The summed E-state index contributed by atoms with van der Waals surface area (Å²) in [6.45, 7) is -0.301. The first-order chi connectivity index (χ1) is 13.3. The van der Waals surface area contributed by atoms with Crippen LogP contribution in [-0.4, -0.2) is 31.5 Å². The zero-order valence-corrected chi connectivity index (χ0v) is 14.4. The molecule has 3 rings (SSSR count). The van der Waals surface area contributed by atoms with Crippen molar-refractivity contribution in [3.8, 4) is 5.75 Å². The fraction of sp³-hybridized carbons (Fsp3) is 0.222. The van der Waals surface area contributed by atoms with E-state index in [9.17, 15) is 31.5 Å². The lowest BCUT2D eigenvalue weighted by molar-refractivity contribution is -0.127. The van der Waals surface area contributed by atoms with Gasteiger partial charge in [0.25, 0.3) is 5.91 Å². The smallest absolute Gasteiger partial charge is 0.262 e. The molecule has 1 heterocycles. The molecule has 1 aliphatic rings. The average molecular weight is 400 g/mol. The molecule has 5 nitrogen and oxygen atoms in total. The number of nitrogens with zero attached hydrogens (tertiary/aromatic N) is 1. The Hall–Kier alpha value is -3.17. The summed E-state index contributed by atoms with van der Waals surface area (Å²) in [5.74, 6) is -12.1. The number of halogens is 5. The first kappa shape index (κ1) is 19.6. The minimum Gasteiger partial charge on any atom is -0.477 e. The van der Waals surface area contributed by atoms with Crippen LogP contribution in [-0.2, 0) is 16.0 Å². The van der Waals surface area contributed by atoms with Gasteiger partial charge in [0.05, 0.1) is 18.7 Å². The number of hydrogen-bond donors (Lipinski definition) is 1. The van der Waals surface area contributed by atoms with Crippen molar-refractivity contribution in [3.05, 3.63) is 58.9 Å². The maximum Gasteiger partial charge on any atom is 0.262 e. The van der Waals surface area contributed by atoms with Crippen LogP contribution in [0.1, 0.15) is 5.56 Å². The summed E-state index contributed by atoms with van der Waals surface area (Å²) < 4.78 is 73.3. The molecule has 0 saturated heterocycles. The highest BCUT2D eigenvalue weighted by atomic mass is 19.2. The van der Waals surface area contributed by atoms with E-state index in [0.29, 0.717) is 0 Å². The lowest BCUT2D eigenvalue weighted by Gasteiger charge is -2.34. The highest BCUT2D eigenvalue weighted by molar-refractivity contribution is 5.98. The number of benzene rings is 2. The molecule has 0 aliphatic carbocycles. The van der Waals surface area contributed by atoms with Gasteiger partial charge < -0.3 is 15.0 Å². The van der Waals surface area contributed by atoms with Gasteiger partial charge in [-0.05, 0) is 12.1 Å². The molecule has 2 aromatic carbocycles. The third-order valence-electron chi connectivity index (χ3n) is 4.24. The first-order valence-electron chi connectivity index (χ1n) is 8.04. The summed E-state index contributed by atoms with van der Waals surface area (Å²) >= 11 is 0. The molecule has 0 spiro atoms. The van der Waals surface area contributed by atoms with Crippen molar-refractivity contribution in [3.63, 3.8) is 0 Å². The van der Waals surface area contributed by atoms with E-state index in [2.05, 4.69) is 5.32 Å². The van der Waals surface area contributed by atoms with Crippen LogP contribution >= 0.6 is 0 Å². The quantitative estimate of drug-likeness (QED) is 0.489. The summed E-state index contributed by atoms with van der Waals surface area (Å²) in [5.41, 5.74) is -1.04. The molecule has 1 aliphatic heterocycles. The average Bonchev–Trinajstić information content (AvgIpc) is 2.72. The largest absolute Gasteiger partial charge is 0.477 e. The molecule has 0 radical (unpaired) electrons. The molecular formula is C18H13F5N2O3. The van der Waals surface area contributed by atoms with Crippen LogP contribution in [0, 0.1) is 29.1 Å². The Balaban J connectivity index is 1.98. The predicted octanol–water partition coefficient (Wildman–Crippen LogP) is 2.46. The number of ether oxygens (including phenoxy) is 1. The predicted molar refractivity (Wildman–Crippen MR) is 87.2 cm³/mol. The summed E-state index contributed by atoms with van der Waals surface area (Å²) in [7, 11) is 1.35. The Labute approximate surface area is 155 Å². The van der Waals surface area contributed by atoms with Gasteiger partial charge in [0, 0.05) is 12.6 Å². The maximum absolute atomic E-state index is 13.9. The summed E-state index contributed by atoms with van der Waals surface area (Å²) in [6, 6.07) is 6.08. The number of carbonyl (C=O) groups excluding carboxylic acids is 2. The van der Waals surface area contributed by atoms with E-state index >= 15 is 0 Å². The zero-order chi connectivity index (χ0) is 20.6.